The molecule has 1 aromatic carbocycles. The first kappa shape index (κ1) is 11.7. The highest BCUT2D eigenvalue weighted by Crippen LogP contribution is 2.21. The van der Waals surface area contributed by atoms with Gasteiger partial charge in [0.25, 0.3) is 0 Å². The Morgan fingerprint density at radius 1 is 1.29 bits per heavy atom. The number of furan rings is 1. The van der Waals surface area contributed by atoms with Crippen molar-refractivity contribution in [2.45, 2.75) is 12.5 Å². The van der Waals surface area contributed by atoms with Gasteiger partial charge in [-0.15, -0.1) is 0 Å². The van der Waals surface area contributed by atoms with Gasteiger partial charge in [0.05, 0.1) is 19.4 Å². The van der Waals surface area contributed by atoms with Crippen LogP contribution in [-0.2, 0) is 6.42 Å². The number of hydrogen-bond acceptors (Lipinski definition) is 3. The Morgan fingerprint density at radius 3 is 2.82 bits per heavy atom. The van der Waals surface area contributed by atoms with Crippen LogP contribution in [-0.4, -0.2) is 14.2 Å². The van der Waals surface area contributed by atoms with Crippen LogP contribution in [0.15, 0.2) is 47.1 Å². The zero-order valence-electron chi connectivity index (χ0n) is 10.1. The van der Waals surface area contributed by atoms with Gasteiger partial charge in [-0.3, -0.25) is 0 Å². The van der Waals surface area contributed by atoms with E-state index in [1.165, 1.54) is 5.56 Å². The molecule has 90 valence electrons. The van der Waals surface area contributed by atoms with Crippen molar-refractivity contribution in [2.75, 3.05) is 14.2 Å². The van der Waals surface area contributed by atoms with Crippen molar-refractivity contribution < 1.29 is 9.15 Å². The summed E-state index contributed by atoms with van der Waals surface area (Å²) in [5, 5.41) is 3.26. The fourth-order valence-corrected chi connectivity index (χ4v) is 1.87. The molecule has 1 N–H and O–H groups in total. The van der Waals surface area contributed by atoms with Gasteiger partial charge in [0.1, 0.15) is 11.5 Å². The zero-order valence-corrected chi connectivity index (χ0v) is 10.1. The Morgan fingerprint density at radius 2 is 2.18 bits per heavy atom. The predicted molar refractivity (Wildman–Crippen MR) is 67.2 cm³/mol. The number of benzene rings is 1. The van der Waals surface area contributed by atoms with Crippen molar-refractivity contribution >= 4 is 0 Å². The quantitative estimate of drug-likeness (QED) is 0.859. The number of methoxy groups -OCH3 is 1. The van der Waals surface area contributed by atoms with Crippen LogP contribution in [0.4, 0.5) is 0 Å². The summed E-state index contributed by atoms with van der Waals surface area (Å²) in [7, 11) is 3.62. The van der Waals surface area contributed by atoms with Crippen LogP contribution in [0.5, 0.6) is 5.75 Å². The molecule has 1 heterocycles. The standard InChI is InChI=1S/C14H17NO2/c1-15-13(14-7-4-8-17-14)10-11-5-3-6-12(9-11)16-2/h3-9,13,15H,10H2,1-2H3. The van der Waals surface area contributed by atoms with Crippen molar-refractivity contribution in [3.63, 3.8) is 0 Å². The first-order valence-corrected chi connectivity index (χ1v) is 5.67. The van der Waals surface area contributed by atoms with E-state index in [1.54, 1.807) is 13.4 Å². The van der Waals surface area contributed by atoms with E-state index < -0.39 is 0 Å². The molecule has 0 bridgehead atoms. The topological polar surface area (TPSA) is 34.4 Å². The SMILES string of the molecule is CNC(Cc1cccc(OC)c1)c1ccco1. The average molecular weight is 231 g/mol. The molecule has 17 heavy (non-hydrogen) atoms. The number of likely N-dealkylation sites (N-methyl/N-ethyl adjacent to an activating group) is 1. The Labute approximate surface area is 101 Å². The molecule has 0 aliphatic heterocycles. The number of ether oxygens (including phenoxy) is 1. The van der Waals surface area contributed by atoms with Crippen molar-refractivity contribution in [1.29, 1.82) is 0 Å². The minimum absolute atomic E-state index is 0.192. The summed E-state index contributed by atoms with van der Waals surface area (Å²) in [6, 6.07) is 12.2. The molecule has 3 heteroatoms. The van der Waals surface area contributed by atoms with E-state index in [0.717, 1.165) is 17.9 Å². The van der Waals surface area contributed by atoms with Crippen LogP contribution in [0, 0.1) is 0 Å². The van der Waals surface area contributed by atoms with Gasteiger partial charge in [0, 0.05) is 0 Å². The third-order valence-corrected chi connectivity index (χ3v) is 2.81. The maximum Gasteiger partial charge on any atom is 0.121 e. The summed E-state index contributed by atoms with van der Waals surface area (Å²) in [6.45, 7) is 0. The Bertz CT molecular complexity index is 451. The second-order valence-electron chi connectivity index (χ2n) is 3.91. The highest BCUT2D eigenvalue weighted by Gasteiger charge is 2.12. The molecule has 1 atom stereocenters. The lowest BCUT2D eigenvalue weighted by Gasteiger charge is -2.14. The first-order chi connectivity index (χ1) is 8.33. The smallest absolute Gasteiger partial charge is 0.121 e. The van der Waals surface area contributed by atoms with Crippen molar-refractivity contribution in [1.82, 2.24) is 5.32 Å². The first-order valence-electron chi connectivity index (χ1n) is 5.67. The number of nitrogens with one attached hydrogen (secondary N) is 1. The summed E-state index contributed by atoms with van der Waals surface area (Å²) in [5.74, 6) is 1.84. The highest BCUT2D eigenvalue weighted by molar-refractivity contribution is 5.29. The minimum Gasteiger partial charge on any atom is -0.497 e. The van der Waals surface area contributed by atoms with Crippen LogP contribution in [0.2, 0.25) is 0 Å². The van der Waals surface area contributed by atoms with Crippen LogP contribution < -0.4 is 10.1 Å². The van der Waals surface area contributed by atoms with Crippen LogP contribution in [0.25, 0.3) is 0 Å². The normalized spacial score (nSPS) is 12.4. The largest absolute Gasteiger partial charge is 0.497 e. The third-order valence-electron chi connectivity index (χ3n) is 2.81. The monoisotopic (exact) mass is 231 g/mol. The molecular formula is C14H17NO2. The second-order valence-corrected chi connectivity index (χ2v) is 3.91. The van der Waals surface area contributed by atoms with Gasteiger partial charge >= 0.3 is 0 Å². The molecule has 0 spiro atoms. The molecule has 3 nitrogen and oxygen atoms in total. The summed E-state index contributed by atoms with van der Waals surface area (Å²) in [5.41, 5.74) is 1.22. The van der Waals surface area contributed by atoms with Gasteiger partial charge in [-0.25, -0.2) is 0 Å². The molecule has 0 aliphatic carbocycles. The van der Waals surface area contributed by atoms with Gasteiger partial charge in [-0.1, -0.05) is 12.1 Å². The van der Waals surface area contributed by atoms with Crippen molar-refractivity contribution in [3.8, 4) is 5.75 Å². The van der Waals surface area contributed by atoms with Gasteiger partial charge in [-0.2, -0.15) is 0 Å². The number of hydrogen-bond donors (Lipinski definition) is 1. The van der Waals surface area contributed by atoms with E-state index in [-0.39, 0.29) is 6.04 Å². The molecule has 2 aromatic rings. The lowest BCUT2D eigenvalue weighted by molar-refractivity contribution is 0.411. The van der Waals surface area contributed by atoms with Gasteiger partial charge in [0.2, 0.25) is 0 Å². The molecular weight excluding hydrogens is 214 g/mol. The Kier molecular flexibility index (Phi) is 3.83. The lowest BCUT2D eigenvalue weighted by atomic mass is 10.0. The molecule has 1 aromatic heterocycles. The molecule has 0 saturated carbocycles. The van der Waals surface area contributed by atoms with Crippen molar-refractivity contribution in [2.24, 2.45) is 0 Å². The fourth-order valence-electron chi connectivity index (χ4n) is 1.87. The molecule has 0 saturated heterocycles. The highest BCUT2D eigenvalue weighted by atomic mass is 16.5. The van der Waals surface area contributed by atoms with E-state index in [1.807, 2.05) is 37.4 Å². The Balaban J connectivity index is 2.13. The van der Waals surface area contributed by atoms with Crippen LogP contribution in [0.1, 0.15) is 17.4 Å². The summed E-state index contributed by atoms with van der Waals surface area (Å²) < 4.78 is 10.6. The number of rotatable bonds is 5. The zero-order chi connectivity index (χ0) is 12.1. The van der Waals surface area contributed by atoms with E-state index >= 15 is 0 Å². The maximum absolute atomic E-state index is 5.42. The van der Waals surface area contributed by atoms with Crippen molar-refractivity contribution in [3.05, 3.63) is 54.0 Å². The molecule has 2 rings (SSSR count). The predicted octanol–water partition coefficient (Wildman–Crippen LogP) is 2.79. The molecule has 0 radical (unpaired) electrons. The summed E-state index contributed by atoms with van der Waals surface area (Å²) >= 11 is 0. The van der Waals surface area contributed by atoms with E-state index in [0.29, 0.717) is 0 Å². The Hall–Kier alpha value is -1.74. The third kappa shape index (κ3) is 2.88. The molecule has 0 amide bonds. The summed E-state index contributed by atoms with van der Waals surface area (Å²) in [6.07, 6.45) is 2.58. The van der Waals surface area contributed by atoms with E-state index in [9.17, 15) is 0 Å². The van der Waals surface area contributed by atoms with Gasteiger partial charge in [0.15, 0.2) is 0 Å². The maximum atomic E-state index is 5.42. The van der Waals surface area contributed by atoms with Crippen LogP contribution in [0.3, 0.4) is 0 Å². The second kappa shape index (κ2) is 5.55. The van der Waals surface area contributed by atoms with Crippen LogP contribution >= 0.6 is 0 Å². The molecule has 0 aliphatic rings. The molecule has 1 unspecified atom stereocenters. The summed E-state index contributed by atoms with van der Waals surface area (Å²) in [4.78, 5) is 0. The minimum atomic E-state index is 0.192. The molecule has 0 fully saturated rings. The van der Waals surface area contributed by atoms with E-state index in [4.69, 9.17) is 9.15 Å². The lowest BCUT2D eigenvalue weighted by Crippen LogP contribution is -2.18. The fraction of sp³-hybridized carbons (Fsp3) is 0.286. The van der Waals surface area contributed by atoms with Gasteiger partial charge in [-0.05, 0) is 43.3 Å². The van der Waals surface area contributed by atoms with Gasteiger partial charge < -0.3 is 14.5 Å². The average Bonchev–Trinajstić information content (AvgIpc) is 2.90. The van der Waals surface area contributed by atoms with E-state index in [2.05, 4.69) is 11.4 Å².